The molecule has 2 atom stereocenters. The van der Waals surface area contributed by atoms with Crippen molar-refractivity contribution in [2.75, 3.05) is 19.7 Å². The lowest BCUT2D eigenvalue weighted by Crippen LogP contribution is -2.31. The van der Waals surface area contributed by atoms with Crippen molar-refractivity contribution in [3.05, 3.63) is 54.6 Å². The first-order valence-electron chi connectivity index (χ1n) is 8.74. The fourth-order valence-corrected chi connectivity index (χ4v) is 3.92. The summed E-state index contributed by atoms with van der Waals surface area (Å²) in [5.74, 6) is 3.52. The second kappa shape index (κ2) is 6.01. The minimum Gasteiger partial charge on any atom is -0.493 e. The van der Waals surface area contributed by atoms with Gasteiger partial charge in [-0.05, 0) is 48.9 Å². The van der Waals surface area contributed by atoms with Crippen LogP contribution in [-0.2, 0) is 0 Å². The Morgan fingerprint density at radius 2 is 1.52 bits per heavy atom. The zero-order chi connectivity index (χ0) is 15.8. The Balaban J connectivity index is 1.30. The molecule has 2 unspecified atom stereocenters. The van der Waals surface area contributed by atoms with E-state index < -0.39 is 0 Å². The van der Waals surface area contributed by atoms with E-state index in [1.54, 1.807) is 0 Å². The number of rotatable bonds is 5. The zero-order valence-corrected chi connectivity index (χ0v) is 14.0. The lowest BCUT2D eigenvalue weighted by Gasteiger charge is -2.23. The molecule has 1 aliphatic carbocycles. The summed E-state index contributed by atoms with van der Waals surface area (Å²) in [5.41, 5.74) is 2.50. The Morgan fingerprint density at radius 3 is 2.13 bits per heavy atom. The van der Waals surface area contributed by atoms with Gasteiger partial charge in [-0.1, -0.05) is 42.5 Å². The molecule has 2 heteroatoms. The van der Waals surface area contributed by atoms with Crippen molar-refractivity contribution in [1.82, 2.24) is 4.90 Å². The van der Waals surface area contributed by atoms with E-state index in [0.29, 0.717) is 6.04 Å². The van der Waals surface area contributed by atoms with Crippen molar-refractivity contribution in [3.63, 3.8) is 0 Å². The summed E-state index contributed by atoms with van der Waals surface area (Å²) in [5, 5.41) is 0. The molecule has 2 nitrogen and oxygen atoms in total. The Hall–Kier alpha value is -1.80. The van der Waals surface area contributed by atoms with Crippen LogP contribution in [0.2, 0.25) is 0 Å². The van der Waals surface area contributed by atoms with E-state index in [9.17, 15) is 0 Å². The van der Waals surface area contributed by atoms with E-state index in [1.807, 2.05) is 6.07 Å². The molecule has 1 saturated heterocycles. The highest BCUT2D eigenvalue weighted by atomic mass is 16.5. The first-order chi connectivity index (χ1) is 11.2. The number of fused-ring (bicyclic) bond motifs is 1. The van der Waals surface area contributed by atoms with Gasteiger partial charge < -0.3 is 9.64 Å². The van der Waals surface area contributed by atoms with Gasteiger partial charge in [0.2, 0.25) is 0 Å². The molecule has 120 valence electrons. The second-order valence-corrected chi connectivity index (χ2v) is 7.24. The van der Waals surface area contributed by atoms with E-state index in [-0.39, 0.29) is 0 Å². The summed E-state index contributed by atoms with van der Waals surface area (Å²) in [4.78, 5) is 2.60. The first kappa shape index (κ1) is 14.8. The number of hydrogen-bond acceptors (Lipinski definition) is 2. The normalized spacial score (nSPS) is 26.3. The summed E-state index contributed by atoms with van der Waals surface area (Å²) in [6, 6.07) is 19.7. The SMILES string of the molecule is CC(C)N1CC2C(COc3ccc(-c4ccccc4)cc3)C2C1. The van der Waals surface area contributed by atoms with Crippen molar-refractivity contribution in [2.24, 2.45) is 17.8 Å². The van der Waals surface area contributed by atoms with Crippen LogP contribution in [0.4, 0.5) is 0 Å². The van der Waals surface area contributed by atoms with Crippen molar-refractivity contribution in [2.45, 2.75) is 19.9 Å². The van der Waals surface area contributed by atoms with Crippen molar-refractivity contribution in [3.8, 4) is 16.9 Å². The van der Waals surface area contributed by atoms with Crippen LogP contribution in [0.25, 0.3) is 11.1 Å². The molecule has 1 saturated carbocycles. The molecule has 0 bridgehead atoms. The van der Waals surface area contributed by atoms with Crippen LogP contribution in [0.3, 0.4) is 0 Å². The Morgan fingerprint density at radius 1 is 0.913 bits per heavy atom. The number of likely N-dealkylation sites (tertiary alicyclic amines) is 1. The predicted octanol–water partition coefficient (Wildman–Crippen LogP) is 4.32. The summed E-state index contributed by atoms with van der Waals surface area (Å²) >= 11 is 0. The van der Waals surface area contributed by atoms with E-state index in [2.05, 4.69) is 67.3 Å². The molecule has 0 radical (unpaired) electrons. The molecule has 23 heavy (non-hydrogen) atoms. The van der Waals surface area contributed by atoms with Crippen LogP contribution in [-0.4, -0.2) is 30.6 Å². The minimum absolute atomic E-state index is 0.690. The smallest absolute Gasteiger partial charge is 0.119 e. The van der Waals surface area contributed by atoms with Crippen molar-refractivity contribution in [1.29, 1.82) is 0 Å². The number of ether oxygens (including phenoxy) is 1. The number of hydrogen-bond donors (Lipinski definition) is 0. The van der Waals surface area contributed by atoms with Gasteiger partial charge in [0.05, 0.1) is 6.61 Å². The Kier molecular flexibility index (Phi) is 3.86. The van der Waals surface area contributed by atoms with Crippen molar-refractivity contribution >= 4 is 0 Å². The lowest BCUT2D eigenvalue weighted by molar-refractivity contribution is 0.206. The van der Waals surface area contributed by atoms with Crippen molar-refractivity contribution < 1.29 is 4.74 Å². The van der Waals surface area contributed by atoms with Gasteiger partial charge in [-0.25, -0.2) is 0 Å². The average Bonchev–Trinajstić information content (AvgIpc) is 3.03. The van der Waals surface area contributed by atoms with Crippen LogP contribution in [0, 0.1) is 17.8 Å². The second-order valence-electron chi connectivity index (χ2n) is 7.24. The van der Waals surface area contributed by atoms with E-state index in [1.165, 1.54) is 24.2 Å². The molecule has 1 aliphatic heterocycles. The third kappa shape index (κ3) is 3.00. The Bertz CT molecular complexity index is 637. The Labute approximate surface area is 139 Å². The molecule has 2 aromatic rings. The highest BCUT2D eigenvalue weighted by Gasteiger charge is 2.56. The molecule has 4 rings (SSSR count). The summed E-state index contributed by atoms with van der Waals surface area (Å²) < 4.78 is 6.03. The summed E-state index contributed by atoms with van der Waals surface area (Å²) in [7, 11) is 0. The van der Waals surface area contributed by atoms with Gasteiger partial charge in [0.1, 0.15) is 5.75 Å². The maximum absolute atomic E-state index is 6.03. The van der Waals surface area contributed by atoms with Gasteiger partial charge >= 0.3 is 0 Å². The molecule has 2 aliphatic rings. The molecule has 0 spiro atoms. The highest BCUT2D eigenvalue weighted by molar-refractivity contribution is 5.63. The molecule has 2 aromatic carbocycles. The van der Waals surface area contributed by atoms with Crippen LogP contribution < -0.4 is 4.74 Å². The first-order valence-corrected chi connectivity index (χ1v) is 8.74. The van der Waals surface area contributed by atoms with Gasteiger partial charge in [0.15, 0.2) is 0 Å². The highest BCUT2D eigenvalue weighted by Crippen LogP contribution is 2.52. The van der Waals surface area contributed by atoms with Gasteiger partial charge in [-0.15, -0.1) is 0 Å². The topological polar surface area (TPSA) is 12.5 Å². The number of nitrogens with zero attached hydrogens (tertiary/aromatic N) is 1. The van der Waals surface area contributed by atoms with E-state index in [0.717, 1.165) is 30.1 Å². The molecule has 0 aromatic heterocycles. The van der Waals surface area contributed by atoms with Crippen LogP contribution in [0.1, 0.15) is 13.8 Å². The third-order valence-electron chi connectivity index (χ3n) is 5.53. The van der Waals surface area contributed by atoms with E-state index >= 15 is 0 Å². The minimum atomic E-state index is 0.690. The largest absolute Gasteiger partial charge is 0.493 e. The quantitative estimate of drug-likeness (QED) is 0.816. The van der Waals surface area contributed by atoms with Gasteiger partial charge in [0.25, 0.3) is 0 Å². The van der Waals surface area contributed by atoms with Crippen LogP contribution in [0.5, 0.6) is 5.75 Å². The number of benzene rings is 2. The molecule has 2 fully saturated rings. The average molecular weight is 307 g/mol. The van der Waals surface area contributed by atoms with E-state index in [4.69, 9.17) is 4.74 Å². The molecule has 0 N–H and O–H groups in total. The van der Waals surface area contributed by atoms with Crippen LogP contribution in [0.15, 0.2) is 54.6 Å². The number of piperidine rings is 1. The van der Waals surface area contributed by atoms with Gasteiger partial charge in [0, 0.05) is 25.0 Å². The van der Waals surface area contributed by atoms with Gasteiger partial charge in [-0.2, -0.15) is 0 Å². The zero-order valence-electron chi connectivity index (χ0n) is 14.0. The molecule has 0 amide bonds. The summed E-state index contributed by atoms with van der Waals surface area (Å²) in [6.45, 7) is 8.01. The maximum atomic E-state index is 6.03. The molecular formula is C21H25NO. The fraction of sp³-hybridized carbons (Fsp3) is 0.429. The lowest BCUT2D eigenvalue weighted by atomic mass is 10.1. The molecular weight excluding hydrogens is 282 g/mol. The summed E-state index contributed by atoms with van der Waals surface area (Å²) in [6.07, 6.45) is 0. The van der Waals surface area contributed by atoms with Gasteiger partial charge in [-0.3, -0.25) is 0 Å². The standard InChI is InChI=1S/C21H25NO/c1-15(2)22-12-19-20(13-22)21(19)14-23-18-10-8-17(9-11-18)16-6-4-3-5-7-16/h3-11,15,19-21H,12-14H2,1-2H3. The predicted molar refractivity (Wildman–Crippen MR) is 94.6 cm³/mol. The maximum Gasteiger partial charge on any atom is 0.119 e. The molecule has 1 heterocycles. The van der Waals surface area contributed by atoms with Crippen LogP contribution >= 0.6 is 0 Å². The fourth-order valence-electron chi connectivity index (χ4n) is 3.92. The third-order valence-corrected chi connectivity index (χ3v) is 5.53. The monoisotopic (exact) mass is 307 g/mol.